The number of benzene rings is 2. The summed E-state index contributed by atoms with van der Waals surface area (Å²) in [5, 5.41) is 0. The molecule has 184 valence electrons. The number of hydrogen-bond acceptors (Lipinski definition) is 9. The van der Waals surface area contributed by atoms with Crippen molar-refractivity contribution in [3.05, 3.63) is 117 Å². The topological polar surface area (TPSA) is 132 Å². The number of aromatic nitrogens is 2. The summed E-state index contributed by atoms with van der Waals surface area (Å²) in [7, 11) is 1.25. The summed E-state index contributed by atoms with van der Waals surface area (Å²) in [4.78, 5) is 63.0. The highest BCUT2D eigenvalue weighted by molar-refractivity contribution is 5.95. The van der Waals surface area contributed by atoms with Crippen molar-refractivity contribution in [1.82, 2.24) is 9.13 Å². The number of ether oxygens (including phenoxy) is 4. The van der Waals surface area contributed by atoms with Crippen LogP contribution in [0.25, 0.3) is 0 Å². The van der Waals surface area contributed by atoms with Crippen molar-refractivity contribution in [2.75, 3.05) is 7.11 Å². The maximum atomic E-state index is 13.3. The van der Waals surface area contributed by atoms with E-state index in [0.717, 1.165) is 23.8 Å². The largest absolute Gasteiger partial charge is 0.435 e. The van der Waals surface area contributed by atoms with Gasteiger partial charge >= 0.3 is 23.6 Å². The van der Waals surface area contributed by atoms with E-state index in [9.17, 15) is 24.0 Å². The highest BCUT2D eigenvalue weighted by atomic mass is 16.7. The van der Waals surface area contributed by atoms with Gasteiger partial charge in [0.15, 0.2) is 6.10 Å². The molecule has 11 nitrogen and oxygen atoms in total. The van der Waals surface area contributed by atoms with Crippen LogP contribution in [0.15, 0.2) is 94.2 Å². The third kappa shape index (κ3) is 4.72. The van der Waals surface area contributed by atoms with Crippen LogP contribution >= 0.6 is 0 Å². The van der Waals surface area contributed by atoms with Gasteiger partial charge in [-0.25, -0.2) is 9.59 Å². The quantitative estimate of drug-likeness (QED) is 0.473. The number of hydrogen-bond donors (Lipinski definition) is 0. The molecule has 11 heteroatoms. The molecule has 0 aliphatic carbocycles. The van der Waals surface area contributed by atoms with E-state index in [-0.39, 0.29) is 16.9 Å². The summed E-state index contributed by atoms with van der Waals surface area (Å²) in [6, 6.07) is 16.8. The van der Waals surface area contributed by atoms with E-state index in [1.807, 2.05) is 0 Å². The first kappa shape index (κ1) is 24.4. The molecule has 0 radical (unpaired) electrons. The summed E-state index contributed by atoms with van der Waals surface area (Å²) < 4.78 is 22.9. The number of nitrogens with zero attached hydrogens (tertiary/aromatic N) is 2. The lowest BCUT2D eigenvalue weighted by Gasteiger charge is -2.21. The Balaban J connectivity index is 1.74. The molecule has 0 fully saturated rings. The van der Waals surface area contributed by atoms with Gasteiger partial charge in [-0.3, -0.25) is 19.0 Å². The van der Waals surface area contributed by atoms with E-state index in [1.165, 1.54) is 31.4 Å². The Morgan fingerprint density at radius 2 is 1.47 bits per heavy atom. The molecule has 0 N–H and O–H groups in total. The van der Waals surface area contributed by atoms with Gasteiger partial charge in [-0.15, -0.1) is 0 Å². The van der Waals surface area contributed by atoms with Crippen LogP contribution in [0.3, 0.4) is 0 Å². The lowest BCUT2D eigenvalue weighted by atomic mass is 10.2. The fourth-order valence-electron chi connectivity index (χ4n) is 3.52. The van der Waals surface area contributed by atoms with Crippen molar-refractivity contribution in [2.24, 2.45) is 0 Å². The third-order valence-corrected chi connectivity index (χ3v) is 5.16. The first-order valence-corrected chi connectivity index (χ1v) is 10.6. The van der Waals surface area contributed by atoms with Crippen LogP contribution in [0.5, 0.6) is 0 Å². The standard InChI is InChI=1S/C25H20N2O9/c1-15(28)34-24-20(35-23(31)17-11-7-4-8-12-17)19(33-2)22(36-24)26-14-13-18(29)27(25(26)32)21(30)16-9-5-3-6-10-16/h3-14,19,22H,1-2H3/t19?,22-/m1/s1. The second kappa shape index (κ2) is 10.2. The highest BCUT2D eigenvalue weighted by Crippen LogP contribution is 2.35. The second-order valence-electron chi connectivity index (χ2n) is 7.52. The van der Waals surface area contributed by atoms with Gasteiger partial charge in [-0.1, -0.05) is 36.4 Å². The number of carbonyl (C=O) groups excluding carboxylic acids is 3. The highest BCUT2D eigenvalue weighted by Gasteiger charge is 2.44. The van der Waals surface area contributed by atoms with Crippen LogP contribution in [-0.2, 0) is 23.7 Å². The minimum Gasteiger partial charge on any atom is -0.435 e. The average molecular weight is 492 g/mol. The summed E-state index contributed by atoms with van der Waals surface area (Å²) in [5.41, 5.74) is -1.59. The fourth-order valence-corrected chi connectivity index (χ4v) is 3.52. The zero-order chi connectivity index (χ0) is 25.8. The zero-order valence-corrected chi connectivity index (χ0v) is 19.2. The van der Waals surface area contributed by atoms with Crippen molar-refractivity contribution >= 4 is 17.8 Å². The van der Waals surface area contributed by atoms with E-state index >= 15 is 0 Å². The Morgan fingerprint density at radius 1 is 0.861 bits per heavy atom. The molecular weight excluding hydrogens is 472 g/mol. The Morgan fingerprint density at radius 3 is 2.06 bits per heavy atom. The van der Waals surface area contributed by atoms with Crippen LogP contribution in [0.4, 0.5) is 0 Å². The number of esters is 2. The Labute approximate surface area is 203 Å². The molecule has 0 spiro atoms. The van der Waals surface area contributed by atoms with E-state index < -0.39 is 47.4 Å². The molecule has 2 aromatic carbocycles. The third-order valence-electron chi connectivity index (χ3n) is 5.16. The normalized spacial score (nSPS) is 16.8. The van der Waals surface area contributed by atoms with Gasteiger partial charge in [0.2, 0.25) is 12.0 Å². The maximum Gasteiger partial charge on any atom is 0.343 e. The maximum absolute atomic E-state index is 13.3. The van der Waals surface area contributed by atoms with Crippen LogP contribution in [-0.4, -0.2) is 40.2 Å². The van der Waals surface area contributed by atoms with E-state index in [2.05, 4.69) is 0 Å². The Kier molecular flexibility index (Phi) is 6.93. The summed E-state index contributed by atoms with van der Waals surface area (Å²) >= 11 is 0. The molecule has 3 aromatic rings. The molecule has 1 aliphatic rings. The van der Waals surface area contributed by atoms with Gasteiger partial charge in [0.25, 0.3) is 11.5 Å². The summed E-state index contributed by atoms with van der Waals surface area (Å²) in [6.45, 7) is 1.10. The van der Waals surface area contributed by atoms with Gasteiger partial charge in [-0.2, -0.15) is 4.57 Å². The van der Waals surface area contributed by atoms with Gasteiger partial charge < -0.3 is 18.9 Å². The van der Waals surface area contributed by atoms with Crippen molar-refractivity contribution in [2.45, 2.75) is 19.3 Å². The number of methoxy groups -OCH3 is 1. The predicted octanol–water partition coefficient (Wildman–Crippen LogP) is 1.83. The molecule has 2 heterocycles. The predicted molar refractivity (Wildman–Crippen MR) is 123 cm³/mol. The van der Waals surface area contributed by atoms with Crippen LogP contribution in [0.2, 0.25) is 0 Å². The van der Waals surface area contributed by atoms with E-state index in [1.54, 1.807) is 36.4 Å². The monoisotopic (exact) mass is 492 g/mol. The van der Waals surface area contributed by atoms with Crippen LogP contribution in [0.1, 0.15) is 33.9 Å². The lowest BCUT2D eigenvalue weighted by Crippen LogP contribution is -2.46. The molecule has 4 rings (SSSR count). The van der Waals surface area contributed by atoms with Gasteiger partial charge in [0.05, 0.1) is 5.56 Å². The Hall–Kier alpha value is -4.77. The molecule has 0 bridgehead atoms. The van der Waals surface area contributed by atoms with Crippen LogP contribution in [0, 0.1) is 0 Å². The minimum atomic E-state index is -1.38. The molecule has 1 unspecified atom stereocenters. The van der Waals surface area contributed by atoms with Crippen LogP contribution < -0.4 is 11.2 Å². The first-order valence-electron chi connectivity index (χ1n) is 10.6. The smallest absolute Gasteiger partial charge is 0.343 e. The molecule has 0 saturated carbocycles. The first-order chi connectivity index (χ1) is 17.3. The summed E-state index contributed by atoms with van der Waals surface area (Å²) in [6.07, 6.45) is -1.54. The van der Waals surface area contributed by atoms with Gasteiger partial charge in [0, 0.05) is 31.9 Å². The van der Waals surface area contributed by atoms with Crippen molar-refractivity contribution in [3.8, 4) is 0 Å². The van der Waals surface area contributed by atoms with Crippen molar-refractivity contribution < 1.29 is 33.3 Å². The minimum absolute atomic E-state index is 0.112. The lowest BCUT2D eigenvalue weighted by molar-refractivity contribution is -0.145. The number of rotatable bonds is 6. The molecule has 0 saturated heterocycles. The number of carbonyl (C=O) groups is 3. The molecule has 1 aliphatic heterocycles. The molecule has 1 aromatic heterocycles. The molecule has 2 atom stereocenters. The molecular formula is C25H20N2O9. The van der Waals surface area contributed by atoms with Crippen molar-refractivity contribution in [1.29, 1.82) is 0 Å². The molecule has 36 heavy (non-hydrogen) atoms. The second-order valence-corrected chi connectivity index (χ2v) is 7.52. The zero-order valence-electron chi connectivity index (χ0n) is 19.2. The SMILES string of the molecule is COC1C(OC(=O)c2ccccc2)=C(OC(C)=O)O[C@H]1n1ccc(=O)n(C(=O)c2ccccc2)c1=O. The molecule has 0 amide bonds. The average Bonchev–Trinajstić information content (AvgIpc) is 3.20. The van der Waals surface area contributed by atoms with Gasteiger partial charge in [0.1, 0.15) is 0 Å². The van der Waals surface area contributed by atoms with Gasteiger partial charge in [-0.05, 0) is 24.3 Å². The van der Waals surface area contributed by atoms with E-state index in [0.29, 0.717) is 4.57 Å². The Bertz CT molecular complexity index is 1460. The van der Waals surface area contributed by atoms with E-state index in [4.69, 9.17) is 18.9 Å². The fraction of sp³-hybridized carbons (Fsp3) is 0.160. The summed E-state index contributed by atoms with van der Waals surface area (Å²) in [5.74, 6) is -3.23. The van der Waals surface area contributed by atoms with Crippen molar-refractivity contribution in [3.63, 3.8) is 0 Å².